The number of carbonyl (C=O) groups excluding carboxylic acids is 2. The lowest BCUT2D eigenvalue weighted by Gasteiger charge is -2.46. The molecule has 178 valence electrons. The molecule has 1 saturated heterocycles. The van der Waals surface area contributed by atoms with Crippen LogP contribution in [0.5, 0.6) is 0 Å². The summed E-state index contributed by atoms with van der Waals surface area (Å²) in [6, 6.07) is 10.1. The van der Waals surface area contributed by atoms with E-state index in [1.165, 1.54) is 4.88 Å². The van der Waals surface area contributed by atoms with Gasteiger partial charge >= 0.3 is 5.97 Å². The average Bonchev–Trinajstić information content (AvgIpc) is 3.49. The number of fused-ring (bicyclic) bond motifs is 2. The number of H-pyrrole nitrogens is 1. The lowest BCUT2D eigenvalue weighted by atomic mass is 9.70. The van der Waals surface area contributed by atoms with E-state index in [1.807, 2.05) is 23.2 Å². The first kappa shape index (κ1) is 22.8. The highest BCUT2D eigenvalue weighted by Gasteiger charge is 2.48. The van der Waals surface area contributed by atoms with Crippen LogP contribution < -0.4 is 0 Å². The van der Waals surface area contributed by atoms with E-state index in [-0.39, 0.29) is 24.2 Å². The molecule has 1 amide bonds. The predicted octanol–water partition coefficient (Wildman–Crippen LogP) is 5.24. The summed E-state index contributed by atoms with van der Waals surface area (Å²) >= 11 is 1.70. The molecule has 0 radical (unpaired) electrons. The quantitative estimate of drug-likeness (QED) is 0.525. The number of nitrogens with one attached hydrogen (secondary N) is 1. The predicted molar refractivity (Wildman–Crippen MR) is 133 cm³/mol. The van der Waals surface area contributed by atoms with Gasteiger partial charge in [0.15, 0.2) is 0 Å². The number of benzene rings is 1. The number of likely N-dealkylation sites (tertiary alicyclic amines) is 1. The van der Waals surface area contributed by atoms with Gasteiger partial charge in [0.1, 0.15) is 5.78 Å². The van der Waals surface area contributed by atoms with Crippen molar-refractivity contribution in [3.63, 3.8) is 0 Å². The highest BCUT2D eigenvalue weighted by atomic mass is 32.1. The van der Waals surface area contributed by atoms with E-state index in [1.54, 1.807) is 11.3 Å². The molecule has 0 spiro atoms. The van der Waals surface area contributed by atoms with Crippen molar-refractivity contribution >= 4 is 39.9 Å². The molecular formula is C27H30N2O4S. The number of aliphatic carboxylic acids is 1. The number of ketones is 1. The Balaban J connectivity index is 1.45. The van der Waals surface area contributed by atoms with Crippen molar-refractivity contribution in [2.75, 3.05) is 6.54 Å². The Bertz CT molecular complexity index is 1240. The van der Waals surface area contributed by atoms with Crippen molar-refractivity contribution in [1.82, 2.24) is 9.88 Å². The fourth-order valence-electron chi connectivity index (χ4n) is 6.04. The molecule has 1 saturated carbocycles. The SMILES string of the molecule is CC(C)(CC(=O)N1CCC(=O)C2C(C(=O)O)CCCC21)c1c[nH]c2cccc(-c3cccs3)c12. The molecule has 6 nitrogen and oxygen atoms in total. The minimum absolute atomic E-state index is 0.00138. The molecule has 2 aliphatic rings. The summed E-state index contributed by atoms with van der Waals surface area (Å²) in [5.74, 6) is -2.18. The smallest absolute Gasteiger partial charge is 0.307 e. The Kier molecular flexibility index (Phi) is 5.84. The number of aromatic nitrogens is 1. The summed E-state index contributed by atoms with van der Waals surface area (Å²) in [4.78, 5) is 44.5. The molecule has 3 atom stereocenters. The first-order valence-corrected chi connectivity index (χ1v) is 12.9. The van der Waals surface area contributed by atoms with E-state index < -0.39 is 23.2 Å². The van der Waals surface area contributed by atoms with E-state index in [2.05, 4.69) is 42.4 Å². The van der Waals surface area contributed by atoms with Gasteiger partial charge in [0.2, 0.25) is 5.91 Å². The monoisotopic (exact) mass is 478 g/mol. The molecule has 2 fully saturated rings. The third-order valence-corrected chi connectivity index (χ3v) is 8.59. The number of carbonyl (C=O) groups is 3. The van der Waals surface area contributed by atoms with Crippen LogP contribution in [-0.4, -0.2) is 45.2 Å². The van der Waals surface area contributed by atoms with Gasteiger partial charge in [0.25, 0.3) is 0 Å². The third kappa shape index (κ3) is 3.86. The van der Waals surface area contributed by atoms with Gasteiger partial charge in [-0.15, -0.1) is 11.3 Å². The summed E-state index contributed by atoms with van der Waals surface area (Å²) in [6.45, 7) is 4.56. The lowest BCUT2D eigenvalue weighted by Crippen LogP contribution is -2.57. The van der Waals surface area contributed by atoms with Crippen LogP contribution in [0, 0.1) is 11.8 Å². The maximum Gasteiger partial charge on any atom is 0.307 e. The van der Waals surface area contributed by atoms with Crippen molar-refractivity contribution < 1.29 is 19.5 Å². The van der Waals surface area contributed by atoms with Crippen molar-refractivity contribution in [2.45, 2.75) is 57.4 Å². The Morgan fingerprint density at radius 3 is 2.76 bits per heavy atom. The van der Waals surface area contributed by atoms with Crippen LogP contribution in [0.25, 0.3) is 21.3 Å². The summed E-state index contributed by atoms with van der Waals surface area (Å²) < 4.78 is 0. The topological polar surface area (TPSA) is 90.5 Å². The standard InChI is InChI=1S/C27H30N2O4S/c1-27(2,18-15-28-19-8-3-6-16(24(18)19)22-10-5-13-34-22)14-23(31)29-12-11-21(30)25-17(26(32)33)7-4-9-20(25)29/h3,5-6,8,10,13,15,17,20,25,28H,4,7,9,11-12,14H2,1-2H3,(H,32,33). The van der Waals surface area contributed by atoms with Crippen LogP contribution in [0.2, 0.25) is 0 Å². The summed E-state index contributed by atoms with van der Waals surface area (Å²) in [7, 11) is 0. The fraction of sp³-hybridized carbons (Fsp3) is 0.444. The highest BCUT2D eigenvalue weighted by molar-refractivity contribution is 7.13. The number of aromatic amines is 1. The summed E-state index contributed by atoms with van der Waals surface area (Å²) in [6.07, 6.45) is 4.49. The van der Waals surface area contributed by atoms with Gasteiger partial charge in [-0.25, -0.2) is 0 Å². The molecule has 0 bridgehead atoms. The first-order chi connectivity index (χ1) is 16.3. The van der Waals surface area contributed by atoms with Crippen LogP contribution in [0.1, 0.15) is 51.5 Å². The van der Waals surface area contributed by atoms with Gasteiger partial charge < -0.3 is 15.0 Å². The maximum absolute atomic E-state index is 13.7. The Morgan fingerprint density at radius 2 is 2.03 bits per heavy atom. The van der Waals surface area contributed by atoms with Gasteiger partial charge in [-0.05, 0) is 35.9 Å². The van der Waals surface area contributed by atoms with E-state index in [0.29, 0.717) is 25.8 Å². The number of rotatable bonds is 5. The molecule has 3 heterocycles. The number of nitrogens with zero attached hydrogens (tertiary/aromatic N) is 1. The Labute approximate surface area is 203 Å². The molecule has 3 unspecified atom stereocenters. The molecule has 1 aliphatic heterocycles. The van der Waals surface area contributed by atoms with Gasteiger partial charge in [-0.1, -0.05) is 38.5 Å². The van der Waals surface area contributed by atoms with Gasteiger partial charge in [0.05, 0.1) is 11.8 Å². The van der Waals surface area contributed by atoms with Gasteiger partial charge in [-0.2, -0.15) is 0 Å². The molecule has 5 rings (SSSR count). The molecule has 7 heteroatoms. The minimum atomic E-state index is -0.919. The molecule has 1 aliphatic carbocycles. The summed E-state index contributed by atoms with van der Waals surface area (Å²) in [5, 5.41) is 12.9. The number of piperidine rings is 1. The molecule has 34 heavy (non-hydrogen) atoms. The normalized spacial score (nSPS) is 23.2. The zero-order chi connectivity index (χ0) is 24.0. The number of carboxylic acid groups (broad SMARTS) is 1. The molecule has 1 aromatic carbocycles. The third-order valence-electron chi connectivity index (χ3n) is 7.69. The van der Waals surface area contributed by atoms with Crippen molar-refractivity contribution in [3.05, 3.63) is 47.5 Å². The van der Waals surface area contributed by atoms with Crippen LogP contribution in [0.4, 0.5) is 0 Å². The number of hydrogen-bond donors (Lipinski definition) is 2. The van der Waals surface area contributed by atoms with E-state index >= 15 is 0 Å². The number of thiophene rings is 1. The van der Waals surface area contributed by atoms with Crippen molar-refractivity contribution in [1.29, 1.82) is 0 Å². The Hall–Kier alpha value is -2.93. The maximum atomic E-state index is 13.7. The minimum Gasteiger partial charge on any atom is -0.481 e. The molecule has 3 aromatic rings. The molecule has 2 aromatic heterocycles. The number of Topliss-reactive ketones (excluding diaryl/α,β-unsaturated/α-hetero) is 1. The summed E-state index contributed by atoms with van der Waals surface area (Å²) in [5.41, 5.74) is 2.85. The van der Waals surface area contributed by atoms with Crippen LogP contribution in [-0.2, 0) is 19.8 Å². The zero-order valence-electron chi connectivity index (χ0n) is 19.5. The van der Waals surface area contributed by atoms with Crippen LogP contribution in [0.3, 0.4) is 0 Å². The largest absolute Gasteiger partial charge is 0.481 e. The van der Waals surface area contributed by atoms with E-state index in [9.17, 15) is 19.5 Å². The number of carboxylic acids is 1. The Morgan fingerprint density at radius 1 is 1.21 bits per heavy atom. The van der Waals surface area contributed by atoms with Gasteiger partial charge in [-0.3, -0.25) is 14.4 Å². The second-order valence-corrected chi connectivity index (χ2v) is 11.2. The number of amides is 1. The first-order valence-electron chi connectivity index (χ1n) is 12.0. The number of hydrogen-bond acceptors (Lipinski definition) is 4. The van der Waals surface area contributed by atoms with Crippen LogP contribution in [0.15, 0.2) is 41.9 Å². The fourth-order valence-corrected chi connectivity index (χ4v) is 6.80. The zero-order valence-corrected chi connectivity index (χ0v) is 20.4. The average molecular weight is 479 g/mol. The lowest BCUT2D eigenvalue weighted by molar-refractivity contribution is -0.157. The molecule has 2 N–H and O–H groups in total. The van der Waals surface area contributed by atoms with Crippen molar-refractivity contribution in [2.24, 2.45) is 11.8 Å². The highest BCUT2D eigenvalue weighted by Crippen LogP contribution is 2.42. The van der Waals surface area contributed by atoms with Crippen molar-refractivity contribution in [3.8, 4) is 10.4 Å². The second kappa shape index (κ2) is 8.69. The second-order valence-electron chi connectivity index (χ2n) is 10.2. The van der Waals surface area contributed by atoms with Gasteiger partial charge in [0, 0.05) is 58.4 Å². The van der Waals surface area contributed by atoms with E-state index in [4.69, 9.17) is 0 Å². The van der Waals surface area contributed by atoms with E-state index in [0.717, 1.165) is 28.5 Å². The van der Waals surface area contributed by atoms with Crippen LogP contribution >= 0.6 is 11.3 Å². The molecular weight excluding hydrogens is 448 g/mol.